The van der Waals surface area contributed by atoms with Crippen LogP contribution in [-0.4, -0.2) is 38.2 Å². The molecule has 0 radical (unpaired) electrons. The van der Waals surface area contributed by atoms with Crippen LogP contribution in [0, 0.1) is 6.92 Å². The predicted molar refractivity (Wildman–Crippen MR) is 112 cm³/mol. The Morgan fingerprint density at radius 3 is 2.43 bits per heavy atom. The second-order valence-corrected chi connectivity index (χ2v) is 6.98. The number of hydrogen-bond acceptors (Lipinski definition) is 5. The lowest BCUT2D eigenvalue weighted by Gasteiger charge is -2.15. The Labute approximate surface area is 174 Å². The number of benzene rings is 2. The number of esters is 1. The van der Waals surface area contributed by atoms with Gasteiger partial charge in [0, 0.05) is 22.5 Å². The molecule has 1 atom stereocenters. The molecule has 1 unspecified atom stereocenters. The Kier molecular flexibility index (Phi) is 4.95. The Hall–Kier alpha value is -3.74. The molecule has 1 amide bonds. The smallest absolute Gasteiger partial charge is 0.340 e. The van der Waals surface area contributed by atoms with Crippen molar-refractivity contribution < 1.29 is 23.8 Å². The molecule has 7 nitrogen and oxygen atoms in total. The van der Waals surface area contributed by atoms with Crippen LogP contribution in [0.3, 0.4) is 0 Å². The highest BCUT2D eigenvalue weighted by molar-refractivity contribution is 6.08. The number of H-pyrrole nitrogens is 1. The van der Waals surface area contributed by atoms with Crippen LogP contribution in [0.1, 0.15) is 33.1 Å². The van der Waals surface area contributed by atoms with Crippen LogP contribution in [0.4, 0.5) is 5.69 Å². The highest BCUT2D eigenvalue weighted by Crippen LogP contribution is 2.44. The Morgan fingerprint density at radius 1 is 1.00 bits per heavy atom. The van der Waals surface area contributed by atoms with Gasteiger partial charge in [-0.2, -0.15) is 0 Å². The topological polar surface area (TPSA) is 89.7 Å². The second-order valence-electron chi connectivity index (χ2n) is 6.98. The number of ether oxygens (including phenoxy) is 3. The monoisotopic (exact) mass is 406 g/mol. The lowest BCUT2D eigenvalue weighted by Crippen LogP contribution is -2.17. The summed E-state index contributed by atoms with van der Waals surface area (Å²) in [6.45, 7) is 1.79. The van der Waals surface area contributed by atoms with E-state index >= 15 is 0 Å². The molecule has 1 aliphatic heterocycles. The van der Waals surface area contributed by atoms with E-state index in [1.165, 1.54) is 7.11 Å². The zero-order valence-corrected chi connectivity index (χ0v) is 17.2. The average molecular weight is 406 g/mol. The van der Waals surface area contributed by atoms with Gasteiger partial charge in [-0.15, -0.1) is 0 Å². The molecule has 7 heteroatoms. The minimum atomic E-state index is -0.650. The molecule has 0 fully saturated rings. The summed E-state index contributed by atoms with van der Waals surface area (Å²) in [5.41, 5.74) is 4.53. The van der Waals surface area contributed by atoms with E-state index in [4.69, 9.17) is 14.2 Å². The molecule has 1 aromatic heterocycles. The number of carbonyl (C=O) groups excluding carboxylic acids is 2. The number of para-hydroxylation sites is 1. The minimum Gasteiger partial charge on any atom is -0.493 e. The lowest BCUT2D eigenvalue weighted by molar-refractivity contribution is -0.116. The van der Waals surface area contributed by atoms with E-state index in [1.54, 1.807) is 27.2 Å². The normalized spacial score (nSPS) is 14.8. The van der Waals surface area contributed by atoms with Crippen LogP contribution in [0.15, 0.2) is 42.5 Å². The summed E-state index contributed by atoms with van der Waals surface area (Å²) in [4.78, 5) is 29.0. The van der Waals surface area contributed by atoms with Gasteiger partial charge in [0.1, 0.15) is 0 Å². The first-order chi connectivity index (χ1) is 14.5. The van der Waals surface area contributed by atoms with Gasteiger partial charge in [0.25, 0.3) is 0 Å². The molecule has 2 N–H and O–H groups in total. The molecule has 0 spiro atoms. The number of methoxy groups -OCH3 is 3. The van der Waals surface area contributed by atoms with Gasteiger partial charge in [0.15, 0.2) is 11.5 Å². The van der Waals surface area contributed by atoms with Crippen LogP contribution >= 0.6 is 0 Å². The van der Waals surface area contributed by atoms with E-state index in [0.29, 0.717) is 34.0 Å². The van der Waals surface area contributed by atoms with Gasteiger partial charge in [0.2, 0.25) is 5.91 Å². The van der Waals surface area contributed by atoms with Crippen LogP contribution in [0.5, 0.6) is 11.5 Å². The molecule has 1 aliphatic rings. The lowest BCUT2D eigenvalue weighted by atomic mass is 9.87. The zero-order chi connectivity index (χ0) is 21.4. The minimum absolute atomic E-state index is 0.193. The molecule has 4 rings (SSSR count). The van der Waals surface area contributed by atoms with E-state index < -0.39 is 11.9 Å². The molecule has 2 aromatic carbocycles. The first-order valence-corrected chi connectivity index (χ1v) is 9.43. The second kappa shape index (κ2) is 7.59. The van der Waals surface area contributed by atoms with Crippen molar-refractivity contribution in [3.63, 3.8) is 0 Å². The summed E-state index contributed by atoms with van der Waals surface area (Å²) in [5, 5.41) is 2.91. The Balaban J connectivity index is 1.98. The van der Waals surface area contributed by atoms with Gasteiger partial charge in [-0.1, -0.05) is 18.2 Å². The fraction of sp³-hybridized carbons (Fsp3) is 0.217. The number of amides is 1. The van der Waals surface area contributed by atoms with Crippen molar-refractivity contribution in [3.8, 4) is 22.8 Å². The zero-order valence-electron chi connectivity index (χ0n) is 17.2. The van der Waals surface area contributed by atoms with Gasteiger partial charge in [-0.05, 0) is 36.8 Å². The SMILES string of the molecule is COC(=O)c1c(C)[nH]c(-c2ccc(OC)c(OC)c2)c1C1C(=O)Nc2ccccc21. The highest BCUT2D eigenvalue weighted by atomic mass is 16.5. The van der Waals surface area contributed by atoms with Gasteiger partial charge < -0.3 is 24.5 Å². The molecule has 0 aliphatic carbocycles. The summed E-state index contributed by atoms with van der Waals surface area (Å²) < 4.78 is 15.8. The van der Waals surface area contributed by atoms with Gasteiger partial charge in [0.05, 0.1) is 38.5 Å². The third-order valence-corrected chi connectivity index (χ3v) is 5.37. The van der Waals surface area contributed by atoms with E-state index in [2.05, 4.69) is 10.3 Å². The summed E-state index contributed by atoms with van der Waals surface area (Å²) in [6, 6.07) is 12.9. The Morgan fingerprint density at radius 2 is 1.73 bits per heavy atom. The van der Waals surface area contributed by atoms with Crippen LogP contribution < -0.4 is 14.8 Å². The number of rotatable bonds is 5. The van der Waals surface area contributed by atoms with E-state index in [9.17, 15) is 9.59 Å². The van der Waals surface area contributed by atoms with Crippen molar-refractivity contribution >= 4 is 17.6 Å². The number of hydrogen-bond donors (Lipinski definition) is 2. The van der Waals surface area contributed by atoms with Crippen molar-refractivity contribution in [3.05, 3.63) is 64.8 Å². The maximum atomic E-state index is 13.0. The summed E-state index contributed by atoms with van der Waals surface area (Å²) in [7, 11) is 4.46. The fourth-order valence-corrected chi connectivity index (χ4v) is 4.01. The molecule has 0 bridgehead atoms. The number of aromatic amines is 1. The molecular formula is C23H22N2O5. The van der Waals surface area contributed by atoms with E-state index in [0.717, 1.165) is 16.8 Å². The van der Waals surface area contributed by atoms with Crippen molar-refractivity contribution in [1.29, 1.82) is 0 Å². The molecule has 30 heavy (non-hydrogen) atoms. The van der Waals surface area contributed by atoms with Crippen LogP contribution in [-0.2, 0) is 9.53 Å². The first-order valence-electron chi connectivity index (χ1n) is 9.43. The third-order valence-electron chi connectivity index (χ3n) is 5.37. The number of anilines is 1. The molecule has 0 saturated carbocycles. The first kappa shape index (κ1) is 19.6. The molecule has 0 saturated heterocycles. The van der Waals surface area contributed by atoms with Gasteiger partial charge in [-0.25, -0.2) is 4.79 Å². The van der Waals surface area contributed by atoms with Crippen molar-refractivity contribution in [1.82, 2.24) is 4.98 Å². The predicted octanol–water partition coefficient (Wildman–Crippen LogP) is 3.88. The third kappa shape index (κ3) is 2.99. The quantitative estimate of drug-likeness (QED) is 0.628. The molecular weight excluding hydrogens is 384 g/mol. The number of aryl methyl sites for hydroxylation is 1. The van der Waals surface area contributed by atoms with Gasteiger partial charge >= 0.3 is 5.97 Å². The van der Waals surface area contributed by atoms with Crippen molar-refractivity contribution in [2.45, 2.75) is 12.8 Å². The fourth-order valence-electron chi connectivity index (χ4n) is 4.01. The summed E-state index contributed by atoms with van der Waals surface area (Å²) >= 11 is 0. The van der Waals surface area contributed by atoms with Crippen LogP contribution in [0.2, 0.25) is 0 Å². The Bertz CT molecular complexity index is 1150. The molecule has 3 aromatic rings. The van der Waals surface area contributed by atoms with E-state index in [-0.39, 0.29) is 5.91 Å². The summed E-state index contributed by atoms with van der Waals surface area (Å²) in [6.07, 6.45) is 0. The largest absolute Gasteiger partial charge is 0.493 e. The van der Waals surface area contributed by atoms with Gasteiger partial charge in [-0.3, -0.25) is 4.79 Å². The number of nitrogens with one attached hydrogen (secondary N) is 2. The number of fused-ring (bicyclic) bond motifs is 1. The highest BCUT2D eigenvalue weighted by Gasteiger charge is 2.38. The van der Waals surface area contributed by atoms with Crippen LogP contribution in [0.25, 0.3) is 11.3 Å². The average Bonchev–Trinajstić information content (AvgIpc) is 3.27. The standard InChI is InChI=1S/C23H22N2O5/c1-12-18(23(27)30-4)20(19-14-7-5-6-8-15(14)25-22(19)26)21(24-12)13-9-10-16(28-2)17(11-13)29-3/h5-11,19,24H,1-4H3,(H,25,26). The molecule has 154 valence electrons. The molecule has 2 heterocycles. The number of carbonyl (C=O) groups is 2. The maximum absolute atomic E-state index is 13.0. The van der Waals surface area contributed by atoms with E-state index in [1.807, 2.05) is 36.4 Å². The number of aromatic nitrogens is 1. The van der Waals surface area contributed by atoms with Crippen molar-refractivity contribution in [2.24, 2.45) is 0 Å². The summed E-state index contributed by atoms with van der Waals surface area (Å²) in [5.74, 6) is -0.208. The maximum Gasteiger partial charge on any atom is 0.340 e. The van der Waals surface area contributed by atoms with Crippen molar-refractivity contribution in [2.75, 3.05) is 26.6 Å².